The third kappa shape index (κ3) is 4.57. The minimum Gasteiger partial charge on any atom is -0.439 e. The molecule has 0 bridgehead atoms. The van der Waals surface area contributed by atoms with Gasteiger partial charge in [0.05, 0.1) is 11.4 Å². The summed E-state index contributed by atoms with van der Waals surface area (Å²) >= 11 is 0. The zero-order valence-electron chi connectivity index (χ0n) is 16.3. The van der Waals surface area contributed by atoms with Gasteiger partial charge in [-0.1, -0.05) is 12.1 Å². The van der Waals surface area contributed by atoms with Crippen molar-refractivity contribution in [2.75, 3.05) is 6.54 Å². The Labute approximate surface area is 164 Å². The molecule has 28 heavy (non-hydrogen) atoms. The zero-order chi connectivity index (χ0) is 20.1. The zero-order valence-corrected chi connectivity index (χ0v) is 16.3. The second kappa shape index (κ2) is 8.69. The highest BCUT2D eigenvalue weighted by molar-refractivity contribution is 5.76. The van der Waals surface area contributed by atoms with Crippen LogP contribution in [0.25, 0.3) is 5.69 Å². The van der Waals surface area contributed by atoms with Crippen LogP contribution in [0.1, 0.15) is 30.2 Å². The fourth-order valence-corrected chi connectivity index (χ4v) is 3.00. The minimum absolute atomic E-state index is 0.0158. The average Bonchev–Trinajstić information content (AvgIpc) is 2.96. The van der Waals surface area contributed by atoms with Crippen LogP contribution in [0.3, 0.4) is 0 Å². The third-order valence-electron chi connectivity index (χ3n) is 4.39. The maximum Gasteiger partial charge on any atom is 0.226 e. The number of aryl methyl sites for hydroxylation is 2. The van der Waals surface area contributed by atoms with Crippen LogP contribution in [0.2, 0.25) is 0 Å². The van der Waals surface area contributed by atoms with Crippen LogP contribution >= 0.6 is 0 Å². The molecule has 6 heteroatoms. The highest BCUT2D eigenvalue weighted by atomic mass is 19.1. The molecule has 3 aromatic rings. The Morgan fingerprint density at radius 3 is 2.61 bits per heavy atom. The first-order valence-electron chi connectivity index (χ1n) is 9.33. The van der Waals surface area contributed by atoms with E-state index in [2.05, 4.69) is 10.4 Å². The molecule has 1 heterocycles. The number of ether oxygens (including phenoxy) is 1. The lowest BCUT2D eigenvalue weighted by molar-refractivity contribution is -0.120. The first kappa shape index (κ1) is 19.6. The van der Waals surface area contributed by atoms with Crippen molar-refractivity contribution in [1.82, 2.24) is 15.1 Å². The van der Waals surface area contributed by atoms with Gasteiger partial charge in [0.1, 0.15) is 11.6 Å². The van der Waals surface area contributed by atoms with E-state index in [-0.39, 0.29) is 11.7 Å². The molecule has 0 radical (unpaired) electrons. The van der Waals surface area contributed by atoms with Gasteiger partial charge in [0.2, 0.25) is 11.8 Å². The van der Waals surface area contributed by atoms with E-state index >= 15 is 0 Å². The van der Waals surface area contributed by atoms with Crippen molar-refractivity contribution in [1.29, 1.82) is 0 Å². The number of aromatic nitrogens is 2. The van der Waals surface area contributed by atoms with Gasteiger partial charge in [-0.05, 0) is 69.2 Å². The van der Waals surface area contributed by atoms with Crippen molar-refractivity contribution < 1.29 is 13.9 Å². The van der Waals surface area contributed by atoms with E-state index in [1.54, 1.807) is 16.8 Å². The average molecular weight is 381 g/mol. The van der Waals surface area contributed by atoms with Crippen molar-refractivity contribution in [2.24, 2.45) is 0 Å². The molecule has 1 aromatic heterocycles. The number of halogens is 1. The van der Waals surface area contributed by atoms with Gasteiger partial charge in [0.25, 0.3) is 0 Å². The van der Waals surface area contributed by atoms with E-state index in [4.69, 9.17) is 4.74 Å². The lowest BCUT2D eigenvalue weighted by Gasteiger charge is -2.12. The van der Waals surface area contributed by atoms with Gasteiger partial charge >= 0.3 is 0 Å². The van der Waals surface area contributed by atoms with E-state index < -0.39 is 0 Å². The molecule has 0 aliphatic carbocycles. The van der Waals surface area contributed by atoms with Crippen LogP contribution in [-0.4, -0.2) is 22.2 Å². The summed E-state index contributed by atoms with van der Waals surface area (Å²) < 4.78 is 21.2. The summed E-state index contributed by atoms with van der Waals surface area (Å²) in [6, 6.07) is 13.8. The molecule has 0 aliphatic rings. The Balaban J connectivity index is 2.00. The fraction of sp³-hybridized carbons (Fsp3) is 0.273. The molecule has 1 N–H and O–H groups in total. The lowest BCUT2D eigenvalue weighted by atomic mass is 10.1. The molecule has 3 rings (SSSR count). The number of hydrogen-bond donors (Lipinski definition) is 1. The van der Waals surface area contributed by atoms with Crippen molar-refractivity contribution in [2.45, 2.75) is 33.6 Å². The topological polar surface area (TPSA) is 56.2 Å². The van der Waals surface area contributed by atoms with E-state index in [0.717, 1.165) is 16.8 Å². The molecule has 0 fully saturated rings. The Morgan fingerprint density at radius 2 is 1.93 bits per heavy atom. The second-order valence-electron chi connectivity index (χ2n) is 6.63. The normalized spacial score (nSPS) is 10.7. The highest BCUT2D eigenvalue weighted by Gasteiger charge is 2.20. The first-order chi connectivity index (χ1) is 13.5. The molecule has 0 unspecified atom stereocenters. The number of benzene rings is 2. The van der Waals surface area contributed by atoms with Crippen LogP contribution < -0.4 is 10.1 Å². The van der Waals surface area contributed by atoms with Gasteiger partial charge in [-0.25, -0.2) is 9.07 Å². The number of nitrogens with one attached hydrogen (secondary N) is 1. The van der Waals surface area contributed by atoms with Gasteiger partial charge in [-0.2, -0.15) is 5.10 Å². The lowest BCUT2D eigenvalue weighted by Crippen LogP contribution is -2.22. The SMILES string of the molecule is CCNC(=O)CCc1c(C)nn(-c2ccc(F)cc2)c1Oc1cccc(C)c1. The molecule has 146 valence electrons. The third-order valence-corrected chi connectivity index (χ3v) is 4.39. The van der Waals surface area contributed by atoms with Gasteiger partial charge in [0.15, 0.2) is 0 Å². The molecule has 5 nitrogen and oxygen atoms in total. The van der Waals surface area contributed by atoms with Crippen LogP contribution in [0.15, 0.2) is 48.5 Å². The molecular formula is C22H24FN3O2. The summed E-state index contributed by atoms with van der Waals surface area (Å²) in [6.45, 7) is 6.36. The quantitative estimate of drug-likeness (QED) is 0.656. The summed E-state index contributed by atoms with van der Waals surface area (Å²) in [5.41, 5.74) is 3.40. The number of nitrogens with zero attached hydrogens (tertiary/aromatic N) is 2. The molecule has 1 amide bonds. The molecule has 0 saturated heterocycles. The van der Waals surface area contributed by atoms with Crippen LogP contribution in [-0.2, 0) is 11.2 Å². The Kier molecular flexibility index (Phi) is 6.09. The largest absolute Gasteiger partial charge is 0.439 e. The van der Waals surface area contributed by atoms with Gasteiger partial charge in [0, 0.05) is 18.5 Å². The maximum absolute atomic E-state index is 13.4. The van der Waals surface area contributed by atoms with E-state index in [1.807, 2.05) is 45.0 Å². The van der Waals surface area contributed by atoms with Crippen LogP contribution in [0, 0.1) is 19.7 Å². The number of hydrogen-bond acceptors (Lipinski definition) is 3. The molecule has 0 atom stereocenters. The van der Waals surface area contributed by atoms with Crippen molar-refractivity contribution >= 4 is 5.91 Å². The Morgan fingerprint density at radius 1 is 1.18 bits per heavy atom. The minimum atomic E-state index is -0.315. The molecule has 2 aromatic carbocycles. The second-order valence-corrected chi connectivity index (χ2v) is 6.63. The van der Waals surface area contributed by atoms with E-state index in [9.17, 15) is 9.18 Å². The van der Waals surface area contributed by atoms with E-state index in [1.165, 1.54) is 12.1 Å². The fourth-order valence-electron chi connectivity index (χ4n) is 3.00. The van der Waals surface area contributed by atoms with Gasteiger partial charge in [-0.3, -0.25) is 4.79 Å². The van der Waals surface area contributed by atoms with Crippen LogP contribution in [0.5, 0.6) is 11.6 Å². The number of rotatable bonds is 7. The van der Waals surface area contributed by atoms with E-state index in [0.29, 0.717) is 36.7 Å². The standard InChI is InChI=1S/C22H24FN3O2/c1-4-24-21(27)13-12-20-16(3)25-26(18-10-8-17(23)9-11-18)22(20)28-19-7-5-6-15(2)14-19/h5-11,14H,4,12-13H2,1-3H3,(H,24,27). The summed E-state index contributed by atoms with van der Waals surface area (Å²) in [5, 5.41) is 7.40. The monoisotopic (exact) mass is 381 g/mol. The molecule has 0 spiro atoms. The summed E-state index contributed by atoms with van der Waals surface area (Å²) in [6.07, 6.45) is 0.841. The van der Waals surface area contributed by atoms with Crippen molar-refractivity contribution in [3.8, 4) is 17.3 Å². The number of amides is 1. The maximum atomic E-state index is 13.4. The van der Waals surface area contributed by atoms with Gasteiger partial charge < -0.3 is 10.1 Å². The smallest absolute Gasteiger partial charge is 0.226 e. The number of carbonyl (C=O) groups is 1. The molecular weight excluding hydrogens is 357 g/mol. The highest BCUT2D eigenvalue weighted by Crippen LogP contribution is 2.31. The summed E-state index contributed by atoms with van der Waals surface area (Å²) in [7, 11) is 0. The van der Waals surface area contributed by atoms with Gasteiger partial charge in [-0.15, -0.1) is 0 Å². The predicted octanol–water partition coefficient (Wildman–Crippen LogP) is 4.49. The Hall–Kier alpha value is -3.15. The van der Waals surface area contributed by atoms with Crippen molar-refractivity contribution in [3.05, 3.63) is 71.2 Å². The molecule has 0 saturated carbocycles. The molecule has 0 aliphatic heterocycles. The van der Waals surface area contributed by atoms with Crippen molar-refractivity contribution in [3.63, 3.8) is 0 Å². The summed E-state index contributed by atoms with van der Waals surface area (Å²) in [4.78, 5) is 11.9. The summed E-state index contributed by atoms with van der Waals surface area (Å²) in [5.74, 6) is 0.893. The van der Waals surface area contributed by atoms with Crippen LogP contribution in [0.4, 0.5) is 4.39 Å². The number of carbonyl (C=O) groups excluding carboxylic acids is 1. The predicted molar refractivity (Wildman–Crippen MR) is 107 cm³/mol. The first-order valence-corrected chi connectivity index (χ1v) is 9.33. The Bertz CT molecular complexity index is 964.